The summed E-state index contributed by atoms with van der Waals surface area (Å²) in [6, 6.07) is -0.649. The number of hydrogen-bond donors (Lipinski definition) is 2. The van der Waals surface area contributed by atoms with Gasteiger partial charge in [0.25, 0.3) is 0 Å². The molecule has 8 heteroatoms. The maximum atomic E-state index is 11.7. The van der Waals surface area contributed by atoms with Gasteiger partial charge in [0.05, 0.1) is 12.1 Å². The summed E-state index contributed by atoms with van der Waals surface area (Å²) in [5, 5.41) is 5.57. The average molecular weight is 316 g/mol. The molecule has 106 valence electrons. The van der Waals surface area contributed by atoms with E-state index in [-0.39, 0.29) is 37.3 Å². The monoisotopic (exact) mass is 315 g/mol. The molecule has 0 aliphatic rings. The van der Waals surface area contributed by atoms with E-state index in [1.54, 1.807) is 6.20 Å². The molecule has 0 aliphatic carbocycles. The molecule has 1 rings (SSSR count). The highest BCUT2D eigenvalue weighted by molar-refractivity contribution is 7.09. The van der Waals surface area contributed by atoms with Crippen molar-refractivity contribution in [1.82, 2.24) is 10.3 Å². The van der Waals surface area contributed by atoms with Crippen LogP contribution >= 0.6 is 36.2 Å². The number of methoxy groups -OCH3 is 1. The normalized spacial score (nSPS) is 12.0. The Kier molecular flexibility index (Phi) is 9.59. The van der Waals surface area contributed by atoms with Crippen molar-refractivity contribution in [2.45, 2.75) is 25.4 Å². The van der Waals surface area contributed by atoms with Crippen LogP contribution in [0.2, 0.25) is 0 Å². The molecule has 0 radical (unpaired) electrons. The number of ether oxygens (including phenoxy) is 1. The van der Waals surface area contributed by atoms with Crippen LogP contribution in [0.5, 0.6) is 0 Å². The first-order valence-electron chi connectivity index (χ1n) is 4.94. The molecular formula is C10H19Cl2N3O2S. The second-order valence-electron chi connectivity index (χ2n) is 4.01. The second-order valence-corrected chi connectivity index (χ2v) is 4.91. The molecule has 5 nitrogen and oxygen atoms in total. The molecule has 1 aromatic heterocycles. The summed E-state index contributed by atoms with van der Waals surface area (Å²) >= 11 is 1.50. The fourth-order valence-corrected chi connectivity index (χ4v) is 1.96. The highest BCUT2D eigenvalue weighted by atomic mass is 35.5. The zero-order valence-electron chi connectivity index (χ0n) is 10.5. The molecule has 0 spiro atoms. The van der Waals surface area contributed by atoms with Gasteiger partial charge in [-0.25, -0.2) is 4.98 Å². The fourth-order valence-electron chi connectivity index (χ4n) is 1.24. The molecule has 1 amide bonds. The summed E-state index contributed by atoms with van der Waals surface area (Å²) in [5.41, 5.74) is 5.13. The Bertz CT molecular complexity index is 347. The molecule has 0 aromatic carbocycles. The molecule has 1 atom stereocenters. The number of hydrogen-bond acceptors (Lipinski definition) is 5. The number of thiazole rings is 1. The smallest absolute Gasteiger partial charge is 0.240 e. The lowest BCUT2D eigenvalue weighted by atomic mass is 10.1. The van der Waals surface area contributed by atoms with Crippen LogP contribution in [-0.4, -0.2) is 30.6 Å². The third-order valence-corrected chi connectivity index (χ3v) is 3.18. The van der Waals surface area contributed by atoms with Crippen LogP contribution in [-0.2, 0) is 15.1 Å². The first-order valence-corrected chi connectivity index (χ1v) is 5.82. The van der Waals surface area contributed by atoms with Gasteiger partial charge in [-0.3, -0.25) is 4.79 Å². The first kappa shape index (κ1) is 19.9. The summed E-state index contributed by atoms with van der Waals surface area (Å²) in [4.78, 5) is 15.9. The minimum Gasteiger partial charge on any atom is -0.383 e. The Hall–Kier alpha value is -0.400. The Morgan fingerprint density at radius 2 is 2.22 bits per heavy atom. The highest BCUT2D eigenvalue weighted by Crippen LogP contribution is 2.21. The van der Waals surface area contributed by atoms with E-state index in [2.05, 4.69) is 10.3 Å². The third-order valence-electron chi connectivity index (χ3n) is 2.09. The Labute approximate surface area is 123 Å². The number of carbonyl (C=O) groups excluding carboxylic acids is 1. The second kappa shape index (κ2) is 8.66. The number of aromatic nitrogens is 1. The SMILES string of the molecule is COCC(N)C(=O)NC(C)(C)c1nccs1.Cl.Cl. The van der Waals surface area contributed by atoms with Crippen molar-refractivity contribution >= 4 is 42.1 Å². The van der Waals surface area contributed by atoms with Gasteiger partial charge >= 0.3 is 0 Å². The number of nitrogens with two attached hydrogens (primary N) is 1. The molecule has 0 fully saturated rings. The van der Waals surface area contributed by atoms with Gasteiger partial charge in [-0.05, 0) is 13.8 Å². The Balaban J connectivity index is 0. The van der Waals surface area contributed by atoms with Crippen molar-refractivity contribution in [2.75, 3.05) is 13.7 Å². The quantitative estimate of drug-likeness (QED) is 0.859. The molecular weight excluding hydrogens is 297 g/mol. The van der Waals surface area contributed by atoms with Gasteiger partial charge in [-0.1, -0.05) is 0 Å². The molecule has 1 unspecified atom stereocenters. The van der Waals surface area contributed by atoms with E-state index >= 15 is 0 Å². The van der Waals surface area contributed by atoms with Crippen molar-refractivity contribution in [2.24, 2.45) is 5.73 Å². The van der Waals surface area contributed by atoms with Crippen LogP contribution in [0.3, 0.4) is 0 Å². The molecule has 3 N–H and O–H groups in total. The minimum atomic E-state index is -0.649. The number of amides is 1. The van der Waals surface area contributed by atoms with Crippen LogP contribution in [0.25, 0.3) is 0 Å². The zero-order valence-corrected chi connectivity index (χ0v) is 13.0. The van der Waals surface area contributed by atoms with E-state index < -0.39 is 11.6 Å². The van der Waals surface area contributed by atoms with Crippen molar-refractivity contribution in [3.8, 4) is 0 Å². The van der Waals surface area contributed by atoms with Crippen molar-refractivity contribution < 1.29 is 9.53 Å². The van der Waals surface area contributed by atoms with Crippen LogP contribution in [0.4, 0.5) is 0 Å². The molecule has 0 saturated heterocycles. The Morgan fingerprint density at radius 3 is 2.67 bits per heavy atom. The van der Waals surface area contributed by atoms with E-state index in [4.69, 9.17) is 10.5 Å². The summed E-state index contributed by atoms with van der Waals surface area (Å²) in [6.45, 7) is 3.99. The van der Waals surface area contributed by atoms with Crippen LogP contribution in [0, 0.1) is 0 Å². The minimum absolute atomic E-state index is 0. The maximum Gasteiger partial charge on any atom is 0.240 e. The van der Waals surface area contributed by atoms with Crippen molar-refractivity contribution in [3.63, 3.8) is 0 Å². The highest BCUT2D eigenvalue weighted by Gasteiger charge is 2.27. The third kappa shape index (κ3) is 5.49. The molecule has 0 aliphatic heterocycles. The van der Waals surface area contributed by atoms with Crippen LogP contribution < -0.4 is 11.1 Å². The van der Waals surface area contributed by atoms with Crippen molar-refractivity contribution in [3.05, 3.63) is 16.6 Å². The molecule has 18 heavy (non-hydrogen) atoms. The van der Waals surface area contributed by atoms with E-state index in [9.17, 15) is 4.79 Å². The lowest BCUT2D eigenvalue weighted by Gasteiger charge is -2.25. The zero-order chi connectivity index (χ0) is 12.2. The van der Waals surface area contributed by atoms with Gasteiger partial charge < -0.3 is 15.8 Å². The van der Waals surface area contributed by atoms with E-state index in [1.807, 2.05) is 19.2 Å². The van der Waals surface area contributed by atoms with E-state index in [0.29, 0.717) is 0 Å². The van der Waals surface area contributed by atoms with Crippen molar-refractivity contribution in [1.29, 1.82) is 0 Å². The first-order chi connectivity index (χ1) is 7.47. The fraction of sp³-hybridized carbons (Fsp3) is 0.600. The lowest BCUT2D eigenvalue weighted by molar-refractivity contribution is -0.125. The number of nitrogens with one attached hydrogen (secondary N) is 1. The number of carbonyl (C=O) groups is 1. The summed E-state index contributed by atoms with van der Waals surface area (Å²) in [5.74, 6) is -0.234. The van der Waals surface area contributed by atoms with Crippen LogP contribution in [0.1, 0.15) is 18.9 Å². The van der Waals surface area contributed by atoms with Gasteiger partial charge in [0, 0.05) is 18.7 Å². The van der Waals surface area contributed by atoms with Gasteiger partial charge in [-0.2, -0.15) is 0 Å². The van der Waals surface area contributed by atoms with Gasteiger partial charge in [-0.15, -0.1) is 36.2 Å². The predicted molar refractivity (Wildman–Crippen MR) is 77.6 cm³/mol. The summed E-state index contributed by atoms with van der Waals surface area (Å²) in [6.07, 6.45) is 1.71. The van der Waals surface area contributed by atoms with E-state index in [0.717, 1.165) is 5.01 Å². The summed E-state index contributed by atoms with van der Waals surface area (Å²) < 4.78 is 4.83. The van der Waals surface area contributed by atoms with E-state index in [1.165, 1.54) is 18.4 Å². The predicted octanol–water partition coefficient (Wildman–Crippen LogP) is 1.31. The number of rotatable bonds is 5. The summed E-state index contributed by atoms with van der Waals surface area (Å²) in [7, 11) is 1.51. The Morgan fingerprint density at radius 1 is 1.61 bits per heavy atom. The average Bonchev–Trinajstić information content (AvgIpc) is 2.70. The molecule has 0 saturated carbocycles. The topological polar surface area (TPSA) is 77.2 Å². The van der Waals surface area contributed by atoms with Gasteiger partial charge in [0.2, 0.25) is 5.91 Å². The maximum absolute atomic E-state index is 11.7. The van der Waals surface area contributed by atoms with Gasteiger partial charge in [0.1, 0.15) is 11.0 Å². The number of nitrogens with zero attached hydrogens (tertiary/aromatic N) is 1. The lowest BCUT2D eigenvalue weighted by Crippen LogP contribution is -2.50. The standard InChI is InChI=1S/C10H17N3O2S.2ClH/c1-10(2,9-12-4-5-16-9)13-8(14)7(11)6-15-3;;/h4-5,7H,6,11H2,1-3H3,(H,13,14);2*1H. The van der Waals surface area contributed by atoms with Crippen LogP contribution in [0.15, 0.2) is 11.6 Å². The van der Waals surface area contributed by atoms with Gasteiger partial charge in [0.15, 0.2) is 0 Å². The largest absolute Gasteiger partial charge is 0.383 e. The number of halogens is 2. The molecule has 1 aromatic rings. The molecule has 1 heterocycles. The molecule has 0 bridgehead atoms.